The smallest absolute Gasteiger partial charge is 0.230 e. The quantitative estimate of drug-likeness (QED) is 0.726. The van der Waals surface area contributed by atoms with Gasteiger partial charge in [-0.1, -0.05) is 44.2 Å². The molecular weight excluding hydrogens is 334 g/mol. The number of hydrogen-bond acceptors (Lipinski definition) is 4. The van der Waals surface area contributed by atoms with Gasteiger partial charge in [0.25, 0.3) is 0 Å². The van der Waals surface area contributed by atoms with Crippen molar-refractivity contribution in [2.75, 3.05) is 10.6 Å². The summed E-state index contributed by atoms with van der Waals surface area (Å²) in [6.45, 7) is 3.64. The third-order valence-corrected chi connectivity index (χ3v) is 4.49. The van der Waals surface area contributed by atoms with Crippen LogP contribution in [0.3, 0.4) is 0 Å². The summed E-state index contributed by atoms with van der Waals surface area (Å²) in [6, 6.07) is 13.8. The lowest BCUT2D eigenvalue weighted by Gasteiger charge is -2.06. The molecule has 0 saturated carbocycles. The Morgan fingerprint density at radius 1 is 1.08 bits per heavy atom. The summed E-state index contributed by atoms with van der Waals surface area (Å²) >= 11 is 1.32. The fourth-order valence-electron chi connectivity index (χ4n) is 2.33. The SMILES string of the molecule is CC(C)C(=O)Nc1nc(CC(=O)Nc2ccc3ccccc3c2)cs1. The van der Waals surface area contributed by atoms with Gasteiger partial charge in [-0.3, -0.25) is 9.59 Å². The van der Waals surface area contributed by atoms with E-state index in [0.29, 0.717) is 10.8 Å². The van der Waals surface area contributed by atoms with Crippen molar-refractivity contribution in [3.05, 3.63) is 53.5 Å². The molecule has 1 heterocycles. The average Bonchev–Trinajstić information content (AvgIpc) is 3.01. The van der Waals surface area contributed by atoms with Crippen molar-refractivity contribution in [3.8, 4) is 0 Å². The third kappa shape index (κ3) is 4.42. The maximum atomic E-state index is 12.2. The zero-order valence-corrected chi connectivity index (χ0v) is 14.9. The Kier molecular flexibility index (Phi) is 5.09. The highest BCUT2D eigenvalue weighted by molar-refractivity contribution is 7.13. The number of aromatic nitrogens is 1. The van der Waals surface area contributed by atoms with E-state index < -0.39 is 0 Å². The van der Waals surface area contributed by atoms with Crippen molar-refractivity contribution < 1.29 is 9.59 Å². The van der Waals surface area contributed by atoms with Crippen LogP contribution in [-0.4, -0.2) is 16.8 Å². The lowest BCUT2D eigenvalue weighted by atomic mass is 10.1. The van der Waals surface area contributed by atoms with Gasteiger partial charge in [0, 0.05) is 17.0 Å². The Morgan fingerprint density at radius 2 is 1.84 bits per heavy atom. The van der Waals surface area contributed by atoms with E-state index in [-0.39, 0.29) is 24.2 Å². The number of nitrogens with zero attached hydrogens (tertiary/aromatic N) is 1. The van der Waals surface area contributed by atoms with E-state index in [1.165, 1.54) is 11.3 Å². The van der Waals surface area contributed by atoms with Gasteiger partial charge >= 0.3 is 0 Å². The molecule has 2 aromatic carbocycles. The van der Waals surface area contributed by atoms with Crippen LogP contribution in [0.15, 0.2) is 47.8 Å². The molecule has 3 rings (SSSR count). The van der Waals surface area contributed by atoms with Crippen molar-refractivity contribution >= 4 is 44.7 Å². The van der Waals surface area contributed by atoms with Crippen molar-refractivity contribution in [3.63, 3.8) is 0 Å². The number of rotatable bonds is 5. The number of thiazole rings is 1. The Balaban J connectivity index is 1.62. The minimum Gasteiger partial charge on any atom is -0.326 e. The summed E-state index contributed by atoms with van der Waals surface area (Å²) in [5.41, 5.74) is 1.40. The number of amides is 2. The van der Waals surface area contributed by atoms with E-state index in [9.17, 15) is 9.59 Å². The van der Waals surface area contributed by atoms with Crippen LogP contribution in [0.2, 0.25) is 0 Å². The molecule has 6 heteroatoms. The minimum atomic E-state index is -0.137. The van der Waals surface area contributed by atoms with E-state index >= 15 is 0 Å². The average molecular weight is 353 g/mol. The molecule has 3 aromatic rings. The maximum Gasteiger partial charge on any atom is 0.230 e. The highest BCUT2D eigenvalue weighted by Crippen LogP contribution is 2.20. The molecule has 25 heavy (non-hydrogen) atoms. The zero-order chi connectivity index (χ0) is 17.8. The molecule has 2 N–H and O–H groups in total. The number of carbonyl (C=O) groups is 2. The summed E-state index contributed by atoms with van der Waals surface area (Å²) < 4.78 is 0. The number of nitrogens with one attached hydrogen (secondary N) is 2. The van der Waals surface area contributed by atoms with E-state index in [0.717, 1.165) is 16.5 Å². The number of anilines is 2. The maximum absolute atomic E-state index is 12.2. The molecule has 0 fully saturated rings. The number of fused-ring (bicyclic) bond motifs is 1. The van der Waals surface area contributed by atoms with E-state index in [1.54, 1.807) is 5.38 Å². The molecule has 0 saturated heterocycles. The number of benzene rings is 2. The molecule has 0 aliphatic carbocycles. The van der Waals surface area contributed by atoms with Gasteiger partial charge in [-0.05, 0) is 22.9 Å². The second kappa shape index (κ2) is 7.44. The first-order chi connectivity index (χ1) is 12.0. The Morgan fingerprint density at radius 3 is 2.60 bits per heavy atom. The number of carbonyl (C=O) groups excluding carboxylic acids is 2. The molecule has 0 atom stereocenters. The second-order valence-corrected chi connectivity index (χ2v) is 6.93. The van der Waals surface area contributed by atoms with Gasteiger partial charge < -0.3 is 10.6 Å². The first-order valence-corrected chi connectivity index (χ1v) is 8.93. The van der Waals surface area contributed by atoms with Gasteiger partial charge in [0.05, 0.1) is 12.1 Å². The van der Waals surface area contributed by atoms with Crippen LogP contribution < -0.4 is 10.6 Å². The predicted molar refractivity (Wildman–Crippen MR) is 102 cm³/mol. The molecule has 0 radical (unpaired) electrons. The Bertz CT molecular complexity index is 918. The standard InChI is InChI=1S/C19H19N3O2S/c1-12(2)18(24)22-19-21-16(11-25-19)10-17(23)20-15-8-7-13-5-3-4-6-14(13)9-15/h3-9,11-12H,10H2,1-2H3,(H,20,23)(H,21,22,24). The molecule has 1 aromatic heterocycles. The fraction of sp³-hybridized carbons (Fsp3) is 0.211. The van der Waals surface area contributed by atoms with Gasteiger partial charge in [-0.2, -0.15) is 0 Å². The molecule has 0 aliphatic heterocycles. The highest BCUT2D eigenvalue weighted by atomic mass is 32.1. The Labute approximate surface area is 150 Å². The van der Waals surface area contributed by atoms with Gasteiger partial charge in [0.15, 0.2) is 5.13 Å². The third-order valence-electron chi connectivity index (χ3n) is 3.68. The van der Waals surface area contributed by atoms with Gasteiger partial charge in [0.2, 0.25) is 11.8 Å². The predicted octanol–water partition coefficient (Wildman–Crippen LogP) is 4.07. The molecule has 5 nitrogen and oxygen atoms in total. The minimum absolute atomic E-state index is 0.0819. The van der Waals surface area contributed by atoms with Crippen molar-refractivity contribution in [2.24, 2.45) is 5.92 Å². The van der Waals surface area contributed by atoms with E-state index in [4.69, 9.17) is 0 Å². The van der Waals surface area contributed by atoms with Gasteiger partial charge in [0.1, 0.15) is 0 Å². The summed E-state index contributed by atoms with van der Waals surface area (Å²) in [4.78, 5) is 28.2. The topological polar surface area (TPSA) is 71.1 Å². The summed E-state index contributed by atoms with van der Waals surface area (Å²) in [6.07, 6.45) is 0.168. The van der Waals surface area contributed by atoms with Gasteiger partial charge in [-0.15, -0.1) is 11.3 Å². The lowest BCUT2D eigenvalue weighted by Crippen LogP contribution is -2.18. The monoisotopic (exact) mass is 353 g/mol. The molecule has 0 bridgehead atoms. The molecule has 0 aliphatic rings. The van der Waals surface area contributed by atoms with E-state index in [2.05, 4.69) is 15.6 Å². The summed E-state index contributed by atoms with van der Waals surface area (Å²) in [5.74, 6) is -0.326. The van der Waals surface area contributed by atoms with Crippen molar-refractivity contribution in [1.82, 2.24) is 4.98 Å². The van der Waals surface area contributed by atoms with Gasteiger partial charge in [-0.25, -0.2) is 4.98 Å². The fourth-order valence-corrected chi connectivity index (χ4v) is 3.05. The molecule has 0 unspecified atom stereocenters. The molecule has 0 spiro atoms. The summed E-state index contributed by atoms with van der Waals surface area (Å²) in [7, 11) is 0. The first kappa shape index (κ1) is 17.1. The van der Waals surface area contributed by atoms with Crippen molar-refractivity contribution in [1.29, 1.82) is 0 Å². The molecule has 128 valence electrons. The summed E-state index contributed by atoms with van der Waals surface area (Å²) in [5, 5.41) is 10.1. The Hall–Kier alpha value is -2.73. The largest absolute Gasteiger partial charge is 0.326 e. The van der Waals surface area contributed by atoms with Crippen LogP contribution in [0.1, 0.15) is 19.5 Å². The van der Waals surface area contributed by atoms with Crippen LogP contribution in [0.5, 0.6) is 0 Å². The first-order valence-electron chi connectivity index (χ1n) is 8.05. The highest BCUT2D eigenvalue weighted by Gasteiger charge is 2.12. The normalized spacial score (nSPS) is 10.8. The number of hydrogen-bond donors (Lipinski definition) is 2. The van der Waals surface area contributed by atoms with Crippen LogP contribution in [0.4, 0.5) is 10.8 Å². The van der Waals surface area contributed by atoms with Crippen molar-refractivity contribution in [2.45, 2.75) is 20.3 Å². The van der Waals surface area contributed by atoms with Crippen LogP contribution in [0.25, 0.3) is 10.8 Å². The van der Waals surface area contributed by atoms with Crippen LogP contribution >= 0.6 is 11.3 Å². The lowest BCUT2D eigenvalue weighted by molar-refractivity contribution is -0.119. The zero-order valence-electron chi connectivity index (χ0n) is 14.1. The molecular formula is C19H19N3O2S. The van der Waals surface area contributed by atoms with Crippen LogP contribution in [0, 0.1) is 5.92 Å². The second-order valence-electron chi connectivity index (χ2n) is 6.07. The van der Waals surface area contributed by atoms with Crippen LogP contribution in [-0.2, 0) is 16.0 Å². The van der Waals surface area contributed by atoms with E-state index in [1.807, 2.05) is 56.3 Å². The molecule has 2 amide bonds.